The molecule has 0 aliphatic rings. The second-order valence-corrected chi connectivity index (χ2v) is 5.79. The van der Waals surface area contributed by atoms with Crippen molar-refractivity contribution in [1.82, 2.24) is 10.2 Å². The van der Waals surface area contributed by atoms with Crippen LogP contribution in [-0.2, 0) is 6.42 Å². The lowest BCUT2D eigenvalue weighted by Gasteiger charge is -2.23. The molecule has 0 bridgehead atoms. The van der Waals surface area contributed by atoms with Crippen LogP contribution in [0.2, 0.25) is 0 Å². The lowest BCUT2D eigenvalue weighted by Crippen LogP contribution is -2.36. The second kappa shape index (κ2) is 7.96. The molecule has 2 N–H and O–H groups in total. The maximum atomic E-state index is 5.49. The summed E-state index contributed by atoms with van der Waals surface area (Å²) >= 11 is 5.36. The fraction of sp³-hybridized carbons (Fsp3) is 0.353. The van der Waals surface area contributed by atoms with Crippen molar-refractivity contribution in [2.45, 2.75) is 19.4 Å². The molecule has 0 fully saturated rings. The number of hydrogen-bond donors (Lipinski definition) is 2. The molecule has 1 atom stereocenters. The van der Waals surface area contributed by atoms with Crippen molar-refractivity contribution in [3.63, 3.8) is 0 Å². The van der Waals surface area contributed by atoms with Gasteiger partial charge in [0.2, 0.25) is 0 Å². The second-order valence-electron chi connectivity index (χ2n) is 5.38. The normalized spacial score (nSPS) is 12.2. The number of benzene rings is 1. The van der Waals surface area contributed by atoms with Gasteiger partial charge in [0.05, 0.1) is 12.3 Å². The molecule has 0 amide bonds. The van der Waals surface area contributed by atoms with Crippen LogP contribution in [0, 0.1) is 0 Å². The highest BCUT2D eigenvalue weighted by molar-refractivity contribution is 7.80. The highest BCUT2D eigenvalue weighted by Gasteiger charge is 2.16. The van der Waals surface area contributed by atoms with E-state index in [-0.39, 0.29) is 6.04 Å². The average Bonchev–Trinajstić information content (AvgIpc) is 3.02. The molecule has 1 aromatic carbocycles. The van der Waals surface area contributed by atoms with E-state index in [9.17, 15) is 0 Å². The SMILES string of the molecule is CCc1ccc(NC(=S)NC[C@H](c2ccco2)N(C)C)cc1. The molecule has 0 aliphatic carbocycles. The smallest absolute Gasteiger partial charge is 0.170 e. The maximum Gasteiger partial charge on any atom is 0.170 e. The van der Waals surface area contributed by atoms with Crippen molar-refractivity contribution >= 4 is 23.0 Å². The van der Waals surface area contributed by atoms with Gasteiger partial charge in [-0.1, -0.05) is 19.1 Å². The molecule has 0 saturated carbocycles. The van der Waals surface area contributed by atoms with E-state index in [0.29, 0.717) is 11.7 Å². The van der Waals surface area contributed by atoms with Gasteiger partial charge in [0.25, 0.3) is 0 Å². The van der Waals surface area contributed by atoms with E-state index < -0.39 is 0 Å². The number of rotatable bonds is 6. The van der Waals surface area contributed by atoms with Crippen LogP contribution in [0.1, 0.15) is 24.3 Å². The zero-order chi connectivity index (χ0) is 15.9. The number of hydrogen-bond acceptors (Lipinski definition) is 3. The fourth-order valence-electron chi connectivity index (χ4n) is 2.21. The Morgan fingerprint density at radius 2 is 1.95 bits per heavy atom. The summed E-state index contributed by atoms with van der Waals surface area (Å²) in [5.74, 6) is 0.924. The van der Waals surface area contributed by atoms with E-state index in [0.717, 1.165) is 17.9 Å². The summed E-state index contributed by atoms with van der Waals surface area (Å²) in [4.78, 5) is 2.10. The molecule has 0 spiro atoms. The van der Waals surface area contributed by atoms with Crippen LogP contribution in [-0.4, -0.2) is 30.7 Å². The summed E-state index contributed by atoms with van der Waals surface area (Å²) in [6.07, 6.45) is 2.73. The molecule has 2 rings (SSSR count). The van der Waals surface area contributed by atoms with Crippen molar-refractivity contribution in [3.05, 3.63) is 54.0 Å². The summed E-state index contributed by atoms with van der Waals surface area (Å²) in [6, 6.07) is 12.3. The number of furan rings is 1. The van der Waals surface area contributed by atoms with Crippen LogP contribution in [0.15, 0.2) is 47.1 Å². The molecule has 0 radical (unpaired) electrons. The minimum atomic E-state index is 0.136. The van der Waals surface area contributed by atoms with Gasteiger partial charge >= 0.3 is 0 Å². The van der Waals surface area contributed by atoms with E-state index in [2.05, 4.69) is 34.6 Å². The molecular weight excluding hydrogens is 294 g/mol. The van der Waals surface area contributed by atoms with Crippen molar-refractivity contribution in [2.75, 3.05) is 26.0 Å². The first-order chi connectivity index (χ1) is 10.6. The lowest BCUT2D eigenvalue weighted by atomic mass is 10.1. The largest absolute Gasteiger partial charge is 0.468 e. The van der Waals surface area contributed by atoms with Crippen molar-refractivity contribution in [3.8, 4) is 0 Å². The van der Waals surface area contributed by atoms with E-state index in [1.165, 1.54) is 5.56 Å². The zero-order valence-electron chi connectivity index (χ0n) is 13.3. The quantitative estimate of drug-likeness (QED) is 0.799. The van der Waals surface area contributed by atoms with Gasteiger partial charge in [0.15, 0.2) is 5.11 Å². The van der Waals surface area contributed by atoms with E-state index in [1.54, 1.807) is 6.26 Å². The Balaban J connectivity index is 1.88. The molecule has 22 heavy (non-hydrogen) atoms. The third kappa shape index (κ3) is 4.58. The summed E-state index contributed by atoms with van der Waals surface area (Å²) < 4.78 is 5.49. The first kappa shape index (κ1) is 16.5. The Kier molecular flexibility index (Phi) is 5.98. The molecule has 1 heterocycles. The Morgan fingerprint density at radius 1 is 1.23 bits per heavy atom. The predicted octanol–water partition coefficient (Wildman–Crippen LogP) is 3.43. The average molecular weight is 317 g/mol. The van der Waals surface area contributed by atoms with E-state index in [4.69, 9.17) is 16.6 Å². The van der Waals surface area contributed by atoms with Crippen LogP contribution in [0.5, 0.6) is 0 Å². The molecule has 118 valence electrons. The summed E-state index contributed by atoms with van der Waals surface area (Å²) in [7, 11) is 4.05. The third-order valence-electron chi connectivity index (χ3n) is 3.57. The van der Waals surface area contributed by atoms with Gasteiger partial charge in [-0.3, -0.25) is 4.90 Å². The Labute approximate surface area is 137 Å². The standard InChI is InChI=1S/C17H23N3OS/c1-4-13-7-9-14(10-8-13)19-17(22)18-12-15(20(2)3)16-6-5-11-21-16/h5-11,15H,4,12H2,1-3H3,(H2,18,19,22)/t15-/m1/s1. The van der Waals surface area contributed by atoms with Crippen LogP contribution in [0.3, 0.4) is 0 Å². The summed E-state index contributed by atoms with van der Waals surface area (Å²) in [5, 5.41) is 7.07. The lowest BCUT2D eigenvalue weighted by molar-refractivity contribution is 0.259. The number of nitrogens with zero attached hydrogens (tertiary/aromatic N) is 1. The topological polar surface area (TPSA) is 40.4 Å². The van der Waals surface area contributed by atoms with Crippen LogP contribution < -0.4 is 10.6 Å². The van der Waals surface area contributed by atoms with Crippen molar-refractivity contribution in [2.24, 2.45) is 0 Å². The van der Waals surface area contributed by atoms with Crippen molar-refractivity contribution in [1.29, 1.82) is 0 Å². The monoisotopic (exact) mass is 317 g/mol. The molecule has 5 heteroatoms. The minimum absolute atomic E-state index is 0.136. The van der Waals surface area contributed by atoms with Gasteiger partial charge in [-0.2, -0.15) is 0 Å². The highest BCUT2D eigenvalue weighted by atomic mass is 32.1. The van der Waals surface area contributed by atoms with Crippen molar-refractivity contribution < 1.29 is 4.42 Å². The first-order valence-corrected chi connectivity index (χ1v) is 7.84. The molecule has 0 aliphatic heterocycles. The minimum Gasteiger partial charge on any atom is -0.468 e. The van der Waals surface area contributed by atoms with Crippen LogP contribution in [0.4, 0.5) is 5.69 Å². The maximum absolute atomic E-state index is 5.49. The number of nitrogens with one attached hydrogen (secondary N) is 2. The summed E-state index contributed by atoms with van der Waals surface area (Å²) in [6.45, 7) is 2.82. The number of thiocarbonyl (C=S) groups is 1. The first-order valence-electron chi connectivity index (χ1n) is 7.43. The van der Waals surface area contributed by atoms with Crippen LogP contribution in [0.25, 0.3) is 0 Å². The summed E-state index contributed by atoms with van der Waals surface area (Å²) in [5.41, 5.74) is 2.31. The zero-order valence-corrected chi connectivity index (χ0v) is 14.1. The van der Waals surface area contributed by atoms with Gasteiger partial charge in [0, 0.05) is 12.2 Å². The molecule has 4 nitrogen and oxygen atoms in total. The highest BCUT2D eigenvalue weighted by Crippen LogP contribution is 2.17. The number of anilines is 1. The molecule has 0 unspecified atom stereocenters. The van der Waals surface area contributed by atoms with Gasteiger partial charge in [0.1, 0.15) is 5.76 Å². The van der Waals surface area contributed by atoms with E-state index in [1.807, 2.05) is 38.4 Å². The van der Waals surface area contributed by atoms with Gasteiger partial charge in [-0.25, -0.2) is 0 Å². The Hall–Kier alpha value is -1.85. The number of likely N-dealkylation sites (N-methyl/N-ethyl adjacent to an activating group) is 1. The van der Waals surface area contributed by atoms with Gasteiger partial charge in [-0.05, 0) is 62.6 Å². The molecule has 1 aromatic heterocycles. The van der Waals surface area contributed by atoms with Crippen LogP contribution >= 0.6 is 12.2 Å². The van der Waals surface area contributed by atoms with Gasteiger partial charge < -0.3 is 15.1 Å². The molecule has 0 saturated heterocycles. The number of aryl methyl sites for hydroxylation is 1. The Morgan fingerprint density at radius 3 is 2.50 bits per heavy atom. The molecular formula is C17H23N3OS. The van der Waals surface area contributed by atoms with E-state index >= 15 is 0 Å². The van der Waals surface area contributed by atoms with Gasteiger partial charge in [-0.15, -0.1) is 0 Å². The molecule has 2 aromatic rings. The third-order valence-corrected chi connectivity index (χ3v) is 3.82. The predicted molar refractivity (Wildman–Crippen MR) is 95.2 cm³/mol. The Bertz CT molecular complexity index is 578. The fourth-order valence-corrected chi connectivity index (χ4v) is 2.41.